The van der Waals surface area contributed by atoms with E-state index in [1.54, 1.807) is 31.2 Å². The van der Waals surface area contributed by atoms with Crippen molar-refractivity contribution in [2.24, 2.45) is 5.92 Å². The summed E-state index contributed by atoms with van der Waals surface area (Å²) in [6.45, 7) is 5.48. The van der Waals surface area contributed by atoms with E-state index in [0.29, 0.717) is 22.7 Å². The van der Waals surface area contributed by atoms with Crippen LogP contribution in [0.2, 0.25) is 0 Å². The van der Waals surface area contributed by atoms with E-state index in [9.17, 15) is 13.5 Å². The highest BCUT2D eigenvalue weighted by Crippen LogP contribution is 2.36. The van der Waals surface area contributed by atoms with E-state index in [-0.39, 0.29) is 23.4 Å². The number of rotatable bonds is 5. The lowest BCUT2D eigenvalue weighted by Crippen LogP contribution is -2.34. The van der Waals surface area contributed by atoms with Crippen molar-refractivity contribution in [1.82, 2.24) is 0 Å². The molecule has 3 rings (SSSR count). The third-order valence-electron chi connectivity index (χ3n) is 4.15. The minimum absolute atomic E-state index is 0.0500. The fourth-order valence-corrected chi connectivity index (χ4v) is 4.55. The molecule has 0 aliphatic carbocycles. The van der Waals surface area contributed by atoms with Gasteiger partial charge in [0.1, 0.15) is 11.1 Å². The van der Waals surface area contributed by atoms with Gasteiger partial charge in [0.15, 0.2) is 21.3 Å². The van der Waals surface area contributed by atoms with Crippen molar-refractivity contribution >= 4 is 15.5 Å². The fraction of sp³-hybridized carbons (Fsp3) is 0.333. The monoisotopic (exact) mass is 363 g/mol. The molecule has 2 N–H and O–H groups in total. The maximum absolute atomic E-state index is 13.1. The first kappa shape index (κ1) is 17.4. The van der Waals surface area contributed by atoms with Crippen molar-refractivity contribution in [2.45, 2.75) is 31.0 Å². The predicted molar refractivity (Wildman–Crippen MR) is 94.8 cm³/mol. The highest BCUT2D eigenvalue weighted by atomic mass is 32.2. The van der Waals surface area contributed by atoms with Gasteiger partial charge in [0.05, 0.1) is 10.6 Å². The van der Waals surface area contributed by atoms with E-state index < -0.39 is 15.2 Å². The van der Waals surface area contributed by atoms with Crippen LogP contribution in [0.4, 0.5) is 5.69 Å². The number of hydrogen-bond acceptors (Lipinski definition) is 6. The van der Waals surface area contributed by atoms with Gasteiger partial charge in [-0.15, -0.1) is 0 Å². The number of aryl methyl sites for hydroxylation is 1. The molecule has 6 nitrogen and oxygen atoms in total. The van der Waals surface area contributed by atoms with Crippen LogP contribution in [0.25, 0.3) is 0 Å². The lowest BCUT2D eigenvalue weighted by atomic mass is 10.1. The predicted octanol–water partition coefficient (Wildman–Crippen LogP) is 3.30. The molecule has 0 bridgehead atoms. The first-order valence-electron chi connectivity index (χ1n) is 7.99. The molecule has 0 radical (unpaired) electrons. The van der Waals surface area contributed by atoms with Gasteiger partial charge in [-0.25, -0.2) is 8.42 Å². The van der Waals surface area contributed by atoms with Crippen LogP contribution in [-0.4, -0.2) is 25.7 Å². The molecule has 0 amide bonds. The summed E-state index contributed by atoms with van der Waals surface area (Å²) in [7, 11) is -3.71. The van der Waals surface area contributed by atoms with Crippen LogP contribution in [-0.2, 0) is 9.84 Å². The lowest BCUT2D eigenvalue weighted by Gasteiger charge is -2.24. The summed E-state index contributed by atoms with van der Waals surface area (Å²) < 4.78 is 36.8. The molecule has 0 fully saturated rings. The van der Waals surface area contributed by atoms with Crippen LogP contribution < -0.4 is 14.8 Å². The molecular weight excluding hydrogens is 342 g/mol. The number of para-hydroxylation sites is 1. The first-order valence-corrected chi connectivity index (χ1v) is 9.54. The van der Waals surface area contributed by atoms with Crippen molar-refractivity contribution < 1.29 is 23.0 Å². The number of anilines is 1. The zero-order valence-corrected chi connectivity index (χ0v) is 15.1. The average molecular weight is 363 g/mol. The molecule has 0 saturated carbocycles. The highest BCUT2D eigenvalue weighted by Gasteiger charge is 2.32. The summed E-state index contributed by atoms with van der Waals surface area (Å²) >= 11 is 0. The van der Waals surface area contributed by atoms with Crippen molar-refractivity contribution in [2.75, 3.05) is 12.1 Å². The Morgan fingerprint density at radius 3 is 2.56 bits per heavy atom. The first-order chi connectivity index (χ1) is 11.8. The smallest absolute Gasteiger partial charge is 0.231 e. The molecule has 1 aliphatic heterocycles. The number of phenolic OH excluding ortho intramolecular Hbond substituents is 1. The maximum atomic E-state index is 13.1. The van der Waals surface area contributed by atoms with E-state index in [2.05, 4.69) is 5.32 Å². The van der Waals surface area contributed by atoms with E-state index in [0.717, 1.165) is 0 Å². The van der Waals surface area contributed by atoms with E-state index in [1.165, 1.54) is 12.1 Å². The third-order valence-corrected chi connectivity index (χ3v) is 6.39. The van der Waals surface area contributed by atoms with Gasteiger partial charge in [-0.1, -0.05) is 26.0 Å². The Balaban J connectivity index is 1.98. The molecule has 1 aliphatic rings. The van der Waals surface area contributed by atoms with E-state index in [1.807, 2.05) is 13.8 Å². The van der Waals surface area contributed by atoms with Crippen LogP contribution in [0.5, 0.6) is 17.2 Å². The molecule has 0 spiro atoms. The number of aromatic hydroxyl groups is 1. The van der Waals surface area contributed by atoms with Crippen LogP contribution in [0.3, 0.4) is 0 Å². The van der Waals surface area contributed by atoms with E-state index >= 15 is 0 Å². The number of sulfone groups is 1. The molecule has 7 heteroatoms. The van der Waals surface area contributed by atoms with Gasteiger partial charge in [-0.2, -0.15) is 0 Å². The topological polar surface area (TPSA) is 84.9 Å². The molecule has 0 saturated heterocycles. The molecule has 1 heterocycles. The fourth-order valence-electron chi connectivity index (χ4n) is 2.73. The van der Waals surface area contributed by atoms with Crippen molar-refractivity contribution in [3.05, 3.63) is 42.0 Å². The Hall–Kier alpha value is -2.41. The van der Waals surface area contributed by atoms with Crippen molar-refractivity contribution in [1.29, 1.82) is 0 Å². The van der Waals surface area contributed by atoms with Crippen molar-refractivity contribution in [3.8, 4) is 17.2 Å². The summed E-state index contributed by atoms with van der Waals surface area (Å²) in [4.78, 5) is 0.148. The maximum Gasteiger partial charge on any atom is 0.231 e. The minimum atomic E-state index is -3.71. The molecule has 25 heavy (non-hydrogen) atoms. The Kier molecular flexibility index (Phi) is 4.51. The van der Waals surface area contributed by atoms with Gasteiger partial charge in [0.2, 0.25) is 6.79 Å². The van der Waals surface area contributed by atoms with Crippen LogP contribution >= 0.6 is 0 Å². The van der Waals surface area contributed by atoms with Gasteiger partial charge in [-0.3, -0.25) is 0 Å². The van der Waals surface area contributed by atoms with Gasteiger partial charge < -0.3 is 19.9 Å². The summed E-state index contributed by atoms with van der Waals surface area (Å²) in [5.41, 5.74) is 1.07. The Bertz CT molecular complexity index is 892. The minimum Gasteiger partial charge on any atom is -0.506 e. The second kappa shape index (κ2) is 6.48. The summed E-state index contributed by atoms with van der Waals surface area (Å²) in [6, 6.07) is 9.77. The standard InChI is InChI=1S/C18H21NO5S/c1-11(2)18(19-14-6-4-5-12(3)17(14)20)25(21,22)13-7-8-15-16(9-13)24-10-23-15/h4-9,11,18-20H,10H2,1-3H3/t18-/m0/s1. The number of benzene rings is 2. The zero-order chi connectivity index (χ0) is 18.2. The molecule has 1 atom stereocenters. The Morgan fingerprint density at radius 1 is 1.12 bits per heavy atom. The molecular formula is C18H21NO5S. The number of fused-ring (bicyclic) bond motifs is 1. The normalized spacial score (nSPS) is 14.6. The SMILES string of the molecule is Cc1cccc(N[C@H](C(C)C)S(=O)(=O)c2ccc3c(c2)OCO3)c1O. The third kappa shape index (κ3) is 3.24. The van der Waals surface area contributed by atoms with Crippen LogP contribution in [0.15, 0.2) is 41.3 Å². The second-order valence-electron chi connectivity index (χ2n) is 6.34. The van der Waals surface area contributed by atoms with E-state index in [4.69, 9.17) is 9.47 Å². The molecule has 2 aromatic carbocycles. The number of hydrogen-bond donors (Lipinski definition) is 2. The van der Waals surface area contributed by atoms with Crippen LogP contribution in [0.1, 0.15) is 19.4 Å². The number of phenols is 1. The van der Waals surface area contributed by atoms with Gasteiger partial charge in [0, 0.05) is 6.07 Å². The molecule has 2 aromatic rings. The molecule has 0 unspecified atom stereocenters. The number of nitrogens with one attached hydrogen (secondary N) is 1. The lowest BCUT2D eigenvalue weighted by molar-refractivity contribution is 0.174. The van der Waals surface area contributed by atoms with Crippen LogP contribution in [0, 0.1) is 12.8 Å². The molecule has 0 aromatic heterocycles. The summed E-state index contributed by atoms with van der Waals surface area (Å²) in [5, 5.41) is 12.3. The quantitative estimate of drug-likeness (QED) is 0.793. The van der Waals surface area contributed by atoms with Gasteiger partial charge in [0.25, 0.3) is 0 Å². The summed E-state index contributed by atoms with van der Waals surface area (Å²) in [6.07, 6.45) is 0. The Morgan fingerprint density at radius 2 is 1.84 bits per heavy atom. The highest BCUT2D eigenvalue weighted by molar-refractivity contribution is 7.92. The summed E-state index contributed by atoms with van der Waals surface area (Å²) in [5.74, 6) is 0.774. The second-order valence-corrected chi connectivity index (χ2v) is 8.41. The molecule has 134 valence electrons. The van der Waals surface area contributed by atoms with Gasteiger partial charge >= 0.3 is 0 Å². The average Bonchev–Trinajstić information content (AvgIpc) is 3.03. The van der Waals surface area contributed by atoms with Crippen molar-refractivity contribution in [3.63, 3.8) is 0 Å². The number of ether oxygens (including phenoxy) is 2. The zero-order valence-electron chi connectivity index (χ0n) is 14.3. The van der Waals surface area contributed by atoms with Gasteiger partial charge in [-0.05, 0) is 36.6 Å². The largest absolute Gasteiger partial charge is 0.506 e. The Labute approximate surface area is 147 Å².